The van der Waals surface area contributed by atoms with Gasteiger partial charge in [-0.2, -0.15) is 17.3 Å². The normalized spacial score (nSPS) is 11.2. The first-order valence-corrected chi connectivity index (χ1v) is 18.1. The fraction of sp³-hybridized carbons (Fsp3) is 0.844. The van der Waals surface area contributed by atoms with Gasteiger partial charge in [-0.05, 0) is 0 Å². The zero-order chi connectivity index (χ0) is 28.7. The van der Waals surface area contributed by atoms with E-state index in [1.54, 1.807) is 5.19 Å². The minimum Gasteiger partial charge on any atom is -0.662 e. The van der Waals surface area contributed by atoms with E-state index in [1.165, 1.54) is 0 Å². The summed E-state index contributed by atoms with van der Waals surface area (Å²) >= 11 is 0. The third-order valence-electron chi connectivity index (χ3n) is 4.49. The first kappa shape index (κ1) is 44.4. The molecular formula is C32H67N3SiZr. The van der Waals surface area contributed by atoms with Crippen molar-refractivity contribution in [2.45, 2.75) is 103 Å². The van der Waals surface area contributed by atoms with Crippen LogP contribution in [-0.4, -0.2) is 47.3 Å². The summed E-state index contributed by atoms with van der Waals surface area (Å²) in [4.78, 5) is 0. The smallest absolute Gasteiger partial charge is 0.662 e. The van der Waals surface area contributed by atoms with Crippen LogP contribution in [0.3, 0.4) is 0 Å². The van der Waals surface area contributed by atoms with Gasteiger partial charge < -0.3 is 16.0 Å². The maximum Gasteiger partial charge on any atom is 4.00 e. The SMILES string of the molecule is CC(C)C[N-]CC(C)C.CC(C)C[N-]CC(C)C.CC(C)C[N-]CC(C)C.C[Si](C)(C)[c-]1cccc1.[Zr+4]. The van der Waals surface area contributed by atoms with E-state index in [4.69, 9.17) is 0 Å². The summed E-state index contributed by atoms with van der Waals surface area (Å²) in [5.74, 6) is 4.35. The number of rotatable bonds is 13. The van der Waals surface area contributed by atoms with Crippen LogP contribution in [0.4, 0.5) is 0 Å². The molecule has 0 amide bonds. The number of hydrogen-bond donors (Lipinski definition) is 0. The first-order valence-electron chi connectivity index (χ1n) is 14.6. The van der Waals surface area contributed by atoms with Crippen molar-refractivity contribution in [3.63, 3.8) is 0 Å². The van der Waals surface area contributed by atoms with Gasteiger partial charge in [0.1, 0.15) is 0 Å². The number of nitrogens with zero attached hydrogens (tertiary/aromatic N) is 3. The summed E-state index contributed by atoms with van der Waals surface area (Å²) in [5.41, 5.74) is 0. The van der Waals surface area contributed by atoms with Gasteiger partial charge in [0, 0.05) is 8.07 Å². The Labute approximate surface area is 256 Å². The van der Waals surface area contributed by atoms with Gasteiger partial charge in [-0.15, -0.1) is 39.3 Å². The van der Waals surface area contributed by atoms with Crippen molar-refractivity contribution >= 4 is 13.3 Å². The molecule has 1 aromatic carbocycles. The van der Waals surface area contributed by atoms with Crippen molar-refractivity contribution in [3.8, 4) is 0 Å². The first-order chi connectivity index (χ1) is 16.5. The fourth-order valence-corrected chi connectivity index (χ4v) is 3.84. The van der Waals surface area contributed by atoms with E-state index in [2.05, 4.69) is 143 Å². The van der Waals surface area contributed by atoms with Crippen molar-refractivity contribution in [1.29, 1.82) is 0 Å². The Bertz CT molecular complexity index is 466. The second-order valence-electron chi connectivity index (χ2n) is 13.6. The Morgan fingerprint density at radius 1 is 0.459 bits per heavy atom. The molecule has 0 aliphatic heterocycles. The van der Waals surface area contributed by atoms with Crippen molar-refractivity contribution in [2.75, 3.05) is 39.3 Å². The largest absolute Gasteiger partial charge is 4.00 e. The molecule has 0 unspecified atom stereocenters. The average molecular weight is 613 g/mol. The Morgan fingerprint density at radius 2 is 0.649 bits per heavy atom. The van der Waals surface area contributed by atoms with Crippen LogP contribution in [0.15, 0.2) is 24.3 Å². The average Bonchev–Trinajstić information content (AvgIpc) is 3.23. The van der Waals surface area contributed by atoms with Crippen LogP contribution < -0.4 is 5.19 Å². The van der Waals surface area contributed by atoms with Gasteiger partial charge in [-0.25, -0.2) is 12.1 Å². The molecule has 0 atom stereocenters. The zero-order valence-electron chi connectivity index (χ0n) is 27.9. The van der Waals surface area contributed by atoms with E-state index in [0.29, 0.717) is 0 Å². The summed E-state index contributed by atoms with van der Waals surface area (Å²) in [5, 5.41) is 14.7. The van der Waals surface area contributed by atoms with E-state index in [1.807, 2.05) is 0 Å². The Hall–Kier alpha value is 0.330. The fourth-order valence-electron chi connectivity index (χ4n) is 2.65. The van der Waals surface area contributed by atoms with Crippen molar-refractivity contribution in [2.24, 2.45) is 35.5 Å². The Balaban J connectivity index is -0.000000194. The molecule has 5 heteroatoms. The molecule has 1 aromatic rings. The molecule has 0 aromatic heterocycles. The number of hydrogen-bond acceptors (Lipinski definition) is 0. The van der Waals surface area contributed by atoms with E-state index < -0.39 is 8.07 Å². The van der Waals surface area contributed by atoms with E-state index in [9.17, 15) is 0 Å². The molecule has 37 heavy (non-hydrogen) atoms. The van der Waals surface area contributed by atoms with Crippen LogP contribution in [0.5, 0.6) is 0 Å². The molecule has 0 saturated heterocycles. The molecule has 0 heterocycles. The molecule has 0 radical (unpaired) electrons. The third kappa shape index (κ3) is 43.6. The van der Waals surface area contributed by atoms with Crippen molar-refractivity contribution in [3.05, 3.63) is 40.2 Å². The zero-order valence-corrected chi connectivity index (χ0v) is 31.3. The van der Waals surface area contributed by atoms with Gasteiger partial charge >= 0.3 is 26.2 Å². The molecule has 0 saturated carbocycles. The maximum atomic E-state index is 4.37. The van der Waals surface area contributed by atoms with Crippen LogP contribution in [0.2, 0.25) is 19.6 Å². The Morgan fingerprint density at radius 3 is 0.757 bits per heavy atom. The van der Waals surface area contributed by atoms with Crippen LogP contribution in [-0.2, 0) is 26.2 Å². The standard InChI is InChI=1S/3C8H18N.C8H13Si.Zr/c3*1-7(2)5-9-6-8(3)4;1-9(2,3)8-6-4-5-7-8;/h3*7-8H,5-6H2,1-4H3;4-7H,1-3H3;/q4*-1;+4. The van der Waals surface area contributed by atoms with Crippen molar-refractivity contribution < 1.29 is 26.2 Å². The third-order valence-corrected chi connectivity index (χ3v) is 6.56. The second kappa shape index (κ2) is 27.9. The van der Waals surface area contributed by atoms with Crippen LogP contribution in [0, 0.1) is 35.5 Å². The molecular weight excluding hydrogens is 546 g/mol. The van der Waals surface area contributed by atoms with Crippen LogP contribution >= 0.6 is 0 Å². The molecule has 0 N–H and O–H groups in total. The van der Waals surface area contributed by atoms with Crippen LogP contribution in [0.25, 0.3) is 16.0 Å². The molecule has 0 fully saturated rings. The molecule has 0 aliphatic rings. The molecule has 0 aliphatic carbocycles. The summed E-state index contributed by atoms with van der Waals surface area (Å²) in [7, 11) is -0.981. The van der Waals surface area contributed by atoms with Crippen molar-refractivity contribution in [1.82, 2.24) is 0 Å². The van der Waals surface area contributed by atoms with E-state index >= 15 is 0 Å². The summed E-state index contributed by atoms with van der Waals surface area (Å²) in [6, 6.07) is 8.69. The van der Waals surface area contributed by atoms with Gasteiger partial charge in [-0.3, -0.25) is 0 Å². The van der Waals surface area contributed by atoms with Gasteiger partial charge in [0.25, 0.3) is 0 Å². The molecule has 1 rings (SSSR count). The second-order valence-corrected chi connectivity index (χ2v) is 18.6. The van der Waals surface area contributed by atoms with E-state index in [0.717, 1.165) is 74.8 Å². The summed E-state index contributed by atoms with van der Waals surface area (Å²) < 4.78 is 0. The minimum atomic E-state index is -0.981. The minimum absolute atomic E-state index is 0. The molecule has 3 nitrogen and oxygen atoms in total. The van der Waals surface area contributed by atoms with Gasteiger partial charge in [0.05, 0.1) is 0 Å². The molecule has 0 bridgehead atoms. The predicted molar refractivity (Wildman–Crippen MR) is 173 cm³/mol. The summed E-state index contributed by atoms with van der Waals surface area (Å²) in [6.07, 6.45) is 0. The Kier molecular flexibility index (Phi) is 33.4. The monoisotopic (exact) mass is 611 g/mol. The molecule has 0 spiro atoms. The van der Waals surface area contributed by atoms with Gasteiger partial charge in [0.15, 0.2) is 0 Å². The van der Waals surface area contributed by atoms with Gasteiger partial charge in [0.2, 0.25) is 0 Å². The van der Waals surface area contributed by atoms with Gasteiger partial charge in [-0.1, -0.05) is 138 Å². The van der Waals surface area contributed by atoms with E-state index in [-0.39, 0.29) is 26.2 Å². The topological polar surface area (TPSA) is 42.3 Å². The van der Waals surface area contributed by atoms with Crippen LogP contribution in [0.1, 0.15) is 83.1 Å². The summed E-state index contributed by atoms with van der Waals surface area (Å²) in [6.45, 7) is 39.6. The predicted octanol–water partition coefficient (Wildman–Crippen LogP) is 9.96. The quantitative estimate of drug-likeness (QED) is 0.157. The molecule has 218 valence electrons. The maximum absolute atomic E-state index is 4.37.